The van der Waals surface area contributed by atoms with E-state index in [-0.39, 0.29) is 0 Å². The van der Waals surface area contributed by atoms with Gasteiger partial charge in [0.15, 0.2) is 0 Å². The Morgan fingerprint density at radius 1 is 0.950 bits per heavy atom. The number of hydrogen-bond acceptors (Lipinski definition) is 0. The minimum Gasteiger partial charge on any atom is -0.0620 e. The minimum absolute atomic E-state index is 0.470. The van der Waals surface area contributed by atoms with Crippen LogP contribution in [-0.2, 0) is 6.42 Å². The summed E-state index contributed by atoms with van der Waals surface area (Å²) in [7, 11) is 0. The normalized spacial score (nSPS) is 31.6. The van der Waals surface area contributed by atoms with E-state index in [1.165, 1.54) is 38.5 Å². The highest BCUT2D eigenvalue weighted by atomic mass is 14.4. The van der Waals surface area contributed by atoms with Gasteiger partial charge in [0, 0.05) is 0 Å². The standard InChI is InChI=1S/C20H30/c1-19(2)12-11-16-10-9-15-7-5-6-8-17(15)18(16)13-20(3,4)14-19/h5-8,16,18H,9-14H2,1-4H3. The van der Waals surface area contributed by atoms with Crippen LogP contribution in [0.1, 0.15) is 76.8 Å². The molecule has 20 heavy (non-hydrogen) atoms. The summed E-state index contributed by atoms with van der Waals surface area (Å²) in [6, 6.07) is 9.24. The predicted molar refractivity (Wildman–Crippen MR) is 87.0 cm³/mol. The monoisotopic (exact) mass is 270 g/mol. The van der Waals surface area contributed by atoms with Gasteiger partial charge in [0.2, 0.25) is 0 Å². The molecule has 0 spiro atoms. The second-order valence-electron chi connectivity index (χ2n) is 8.85. The van der Waals surface area contributed by atoms with E-state index in [4.69, 9.17) is 0 Å². The Balaban J connectivity index is 1.94. The lowest BCUT2D eigenvalue weighted by Crippen LogP contribution is -2.33. The predicted octanol–water partition coefficient (Wildman–Crippen LogP) is 5.96. The zero-order valence-corrected chi connectivity index (χ0v) is 13.7. The average molecular weight is 270 g/mol. The molecule has 3 rings (SSSR count). The maximum absolute atomic E-state index is 2.49. The summed E-state index contributed by atoms with van der Waals surface area (Å²) in [4.78, 5) is 0. The van der Waals surface area contributed by atoms with Gasteiger partial charge in [-0.05, 0) is 72.3 Å². The molecule has 110 valence electrons. The van der Waals surface area contributed by atoms with Crippen molar-refractivity contribution >= 4 is 0 Å². The van der Waals surface area contributed by atoms with Gasteiger partial charge in [0.1, 0.15) is 0 Å². The molecule has 1 saturated carbocycles. The Morgan fingerprint density at radius 2 is 1.70 bits per heavy atom. The van der Waals surface area contributed by atoms with Crippen LogP contribution in [0.2, 0.25) is 0 Å². The summed E-state index contributed by atoms with van der Waals surface area (Å²) in [6.07, 6.45) is 8.29. The smallest absolute Gasteiger partial charge is 0.0126 e. The fourth-order valence-corrected chi connectivity index (χ4v) is 5.17. The van der Waals surface area contributed by atoms with Crippen LogP contribution >= 0.6 is 0 Å². The number of benzene rings is 1. The topological polar surface area (TPSA) is 0 Å². The summed E-state index contributed by atoms with van der Waals surface area (Å²) < 4.78 is 0. The molecule has 0 aliphatic heterocycles. The molecule has 0 radical (unpaired) electrons. The first-order valence-electron chi connectivity index (χ1n) is 8.44. The van der Waals surface area contributed by atoms with E-state index >= 15 is 0 Å². The molecule has 1 aromatic carbocycles. The second kappa shape index (κ2) is 4.90. The Kier molecular flexibility index (Phi) is 3.47. The molecule has 0 saturated heterocycles. The van der Waals surface area contributed by atoms with Crippen molar-refractivity contribution in [1.29, 1.82) is 0 Å². The zero-order chi connectivity index (χ0) is 14.4. The highest BCUT2D eigenvalue weighted by Gasteiger charge is 2.39. The highest BCUT2D eigenvalue weighted by molar-refractivity contribution is 5.33. The first-order valence-corrected chi connectivity index (χ1v) is 8.44. The Bertz CT molecular complexity index is 481. The van der Waals surface area contributed by atoms with E-state index in [2.05, 4.69) is 52.0 Å². The summed E-state index contributed by atoms with van der Waals surface area (Å²) in [5, 5.41) is 0. The molecule has 0 heterocycles. The molecular weight excluding hydrogens is 240 g/mol. The molecule has 0 N–H and O–H groups in total. The van der Waals surface area contributed by atoms with Gasteiger partial charge >= 0.3 is 0 Å². The van der Waals surface area contributed by atoms with Crippen molar-refractivity contribution < 1.29 is 0 Å². The molecule has 2 aliphatic carbocycles. The van der Waals surface area contributed by atoms with Crippen LogP contribution in [-0.4, -0.2) is 0 Å². The maximum Gasteiger partial charge on any atom is -0.0126 e. The lowest BCUT2D eigenvalue weighted by molar-refractivity contribution is 0.105. The van der Waals surface area contributed by atoms with Crippen molar-refractivity contribution in [2.45, 2.75) is 72.1 Å². The third-order valence-corrected chi connectivity index (χ3v) is 5.73. The number of hydrogen-bond donors (Lipinski definition) is 0. The van der Waals surface area contributed by atoms with E-state index in [0.717, 1.165) is 11.8 Å². The second-order valence-corrected chi connectivity index (χ2v) is 8.85. The van der Waals surface area contributed by atoms with Crippen molar-refractivity contribution in [2.75, 3.05) is 0 Å². The number of aryl methyl sites for hydroxylation is 1. The van der Waals surface area contributed by atoms with Crippen LogP contribution in [0.4, 0.5) is 0 Å². The molecule has 2 aliphatic rings. The fraction of sp³-hybridized carbons (Fsp3) is 0.700. The molecular formula is C20H30. The summed E-state index contributed by atoms with van der Waals surface area (Å²) in [6.45, 7) is 9.94. The fourth-order valence-electron chi connectivity index (χ4n) is 5.17. The Morgan fingerprint density at radius 3 is 2.50 bits per heavy atom. The van der Waals surface area contributed by atoms with Gasteiger partial charge in [-0.15, -0.1) is 0 Å². The van der Waals surface area contributed by atoms with Crippen LogP contribution in [0, 0.1) is 16.7 Å². The van der Waals surface area contributed by atoms with E-state index in [1.54, 1.807) is 11.1 Å². The van der Waals surface area contributed by atoms with Gasteiger partial charge in [0.05, 0.1) is 0 Å². The van der Waals surface area contributed by atoms with Crippen LogP contribution in [0.25, 0.3) is 0 Å². The van der Waals surface area contributed by atoms with Gasteiger partial charge in [0.25, 0.3) is 0 Å². The minimum atomic E-state index is 0.470. The zero-order valence-electron chi connectivity index (χ0n) is 13.7. The van der Waals surface area contributed by atoms with Crippen molar-refractivity contribution in [2.24, 2.45) is 16.7 Å². The van der Waals surface area contributed by atoms with Crippen molar-refractivity contribution in [3.05, 3.63) is 35.4 Å². The largest absolute Gasteiger partial charge is 0.0620 e. The van der Waals surface area contributed by atoms with Gasteiger partial charge in [-0.1, -0.05) is 52.0 Å². The third-order valence-electron chi connectivity index (χ3n) is 5.73. The SMILES string of the molecule is CC1(C)CCC2CCc3ccccc3C2CC(C)(C)C1. The van der Waals surface area contributed by atoms with Gasteiger partial charge < -0.3 is 0 Å². The van der Waals surface area contributed by atoms with Crippen molar-refractivity contribution in [3.8, 4) is 0 Å². The van der Waals surface area contributed by atoms with Gasteiger partial charge in [-0.25, -0.2) is 0 Å². The van der Waals surface area contributed by atoms with Crippen molar-refractivity contribution in [3.63, 3.8) is 0 Å². The molecule has 1 fully saturated rings. The van der Waals surface area contributed by atoms with E-state index in [0.29, 0.717) is 10.8 Å². The molecule has 0 bridgehead atoms. The van der Waals surface area contributed by atoms with E-state index < -0.39 is 0 Å². The molecule has 2 unspecified atom stereocenters. The van der Waals surface area contributed by atoms with Crippen LogP contribution in [0.15, 0.2) is 24.3 Å². The Hall–Kier alpha value is -0.780. The number of rotatable bonds is 0. The lowest BCUT2D eigenvalue weighted by atomic mass is 9.60. The van der Waals surface area contributed by atoms with E-state index in [1.807, 2.05) is 0 Å². The van der Waals surface area contributed by atoms with E-state index in [9.17, 15) is 0 Å². The Labute approximate surface area is 125 Å². The van der Waals surface area contributed by atoms with Crippen molar-refractivity contribution in [1.82, 2.24) is 0 Å². The van der Waals surface area contributed by atoms with Gasteiger partial charge in [-0.3, -0.25) is 0 Å². The summed E-state index contributed by atoms with van der Waals surface area (Å²) >= 11 is 0. The molecule has 0 amide bonds. The molecule has 0 nitrogen and oxygen atoms in total. The first-order chi connectivity index (χ1) is 9.36. The highest BCUT2D eigenvalue weighted by Crippen LogP contribution is 2.52. The van der Waals surface area contributed by atoms with Crippen LogP contribution < -0.4 is 0 Å². The molecule has 0 heteroatoms. The molecule has 1 aromatic rings. The lowest BCUT2D eigenvalue weighted by Gasteiger charge is -2.45. The molecule has 2 atom stereocenters. The maximum atomic E-state index is 2.49. The quantitative estimate of drug-likeness (QED) is 0.545. The average Bonchev–Trinajstić information content (AvgIpc) is 2.35. The summed E-state index contributed by atoms with van der Waals surface area (Å²) in [5.41, 5.74) is 4.30. The summed E-state index contributed by atoms with van der Waals surface area (Å²) in [5.74, 6) is 1.73. The number of fused-ring (bicyclic) bond motifs is 3. The third kappa shape index (κ3) is 2.80. The van der Waals surface area contributed by atoms with Crippen LogP contribution in [0.5, 0.6) is 0 Å². The van der Waals surface area contributed by atoms with Gasteiger partial charge in [-0.2, -0.15) is 0 Å². The molecule has 0 aromatic heterocycles. The first kappa shape index (κ1) is 14.2. The van der Waals surface area contributed by atoms with Crippen LogP contribution in [0.3, 0.4) is 0 Å².